The lowest BCUT2D eigenvalue weighted by Gasteiger charge is -2.07. The second-order valence-electron chi connectivity index (χ2n) is 5.36. The van der Waals surface area contributed by atoms with Crippen molar-refractivity contribution in [3.8, 4) is 10.8 Å². The van der Waals surface area contributed by atoms with Gasteiger partial charge in [-0.15, -0.1) is 31.7 Å². The highest BCUT2D eigenvalue weighted by molar-refractivity contribution is 7.98. The number of nitrogens with zero attached hydrogens (tertiary/aromatic N) is 4. The Hall–Kier alpha value is -1.71. The Morgan fingerprint density at radius 1 is 1.09 bits per heavy atom. The van der Waals surface area contributed by atoms with E-state index in [0.717, 1.165) is 11.4 Å². The first kappa shape index (κ1) is 14.9. The highest BCUT2D eigenvalue weighted by Crippen LogP contribution is 2.26. The molecule has 9 heteroatoms. The van der Waals surface area contributed by atoms with E-state index in [1.54, 1.807) is 11.3 Å². The van der Waals surface area contributed by atoms with Gasteiger partial charge in [-0.2, -0.15) is 0 Å². The van der Waals surface area contributed by atoms with Crippen LogP contribution in [0.15, 0.2) is 31.6 Å². The molecule has 0 aliphatic carbocycles. The summed E-state index contributed by atoms with van der Waals surface area (Å²) in [5.74, 6) is 2.34. The molecule has 0 unspecified atom stereocenters. The van der Waals surface area contributed by atoms with E-state index in [1.165, 1.54) is 42.6 Å². The molecule has 0 radical (unpaired) electrons. The molecule has 0 bridgehead atoms. The fourth-order valence-electron chi connectivity index (χ4n) is 2.57. The molecular formula is C14H16N5O2S2+. The van der Waals surface area contributed by atoms with E-state index in [2.05, 4.69) is 20.4 Å². The number of likely N-dealkylation sites (tertiary alicyclic amines) is 1. The van der Waals surface area contributed by atoms with Crippen molar-refractivity contribution in [3.05, 3.63) is 29.3 Å². The third-order valence-electron chi connectivity index (χ3n) is 3.68. The van der Waals surface area contributed by atoms with Gasteiger partial charge in [0.05, 0.1) is 23.7 Å². The van der Waals surface area contributed by atoms with Crippen molar-refractivity contribution in [3.63, 3.8) is 0 Å². The van der Waals surface area contributed by atoms with Crippen LogP contribution < -0.4 is 4.90 Å². The smallest absolute Gasteiger partial charge is 0.277 e. The molecule has 7 nitrogen and oxygen atoms in total. The maximum Gasteiger partial charge on any atom is 0.277 e. The molecule has 0 amide bonds. The summed E-state index contributed by atoms with van der Waals surface area (Å²) in [7, 11) is 0. The maximum atomic E-state index is 5.68. The van der Waals surface area contributed by atoms with Gasteiger partial charge in [-0.1, -0.05) is 17.8 Å². The van der Waals surface area contributed by atoms with E-state index in [0.29, 0.717) is 28.6 Å². The zero-order valence-electron chi connectivity index (χ0n) is 12.4. The highest BCUT2D eigenvalue weighted by Gasteiger charge is 2.19. The quantitative estimate of drug-likeness (QED) is 0.677. The lowest BCUT2D eigenvalue weighted by molar-refractivity contribution is -0.902. The van der Waals surface area contributed by atoms with E-state index < -0.39 is 0 Å². The molecule has 0 atom stereocenters. The summed E-state index contributed by atoms with van der Waals surface area (Å²) in [5.41, 5.74) is 0. The van der Waals surface area contributed by atoms with Crippen LogP contribution in [0.5, 0.6) is 0 Å². The number of hydrogen-bond acceptors (Lipinski definition) is 8. The number of rotatable bonds is 6. The summed E-state index contributed by atoms with van der Waals surface area (Å²) >= 11 is 3.00. The third-order valence-corrected chi connectivity index (χ3v) is 5.34. The van der Waals surface area contributed by atoms with Gasteiger partial charge in [0.2, 0.25) is 5.89 Å². The molecule has 1 saturated heterocycles. The molecule has 0 saturated carbocycles. The predicted octanol–water partition coefficient (Wildman–Crippen LogP) is 1.65. The number of thioether (sulfide) groups is 1. The average molecular weight is 350 g/mol. The minimum atomic E-state index is 0.524. The molecule has 3 aromatic heterocycles. The molecule has 4 rings (SSSR count). The van der Waals surface area contributed by atoms with Crippen molar-refractivity contribution in [1.29, 1.82) is 0 Å². The Bertz CT molecular complexity index is 749. The monoisotopic (exact) mass is 350 g/mol. The first-order valence-corrected chi connectivity index (χ1v) is 9.38. The molecule has 0 aromatic carbocycles. The normalized spacial score (nSPS) is 15.5. The minimum Gasteiger partial charge on any atom is -0.419 e. The highest BCUT2D eigenvalue weighted by atomic mass is 32.2. The van der Waals surface area contributed by atoms with E-state index in [9.17, 15) is 0 Å². The van der Waals surface area contributed by atoms with Gasteiger partial charge in [0.1, 0.15) is 0 Å². The zero-order valence-corrected chi connectivity index (χ0v) is 14.0. The summed E-state index contributed by atoms with van der Waals surface area (Å²) in [6, 6.07) is 3.92. The molecule has 23 heavy (non-hydrogen) atoms. The number of nitrogens with one attached hydrogen (secondary N) is 1. The molecule has 1 N–H and O–H groups in total. The van der Waals surface area contributed by atoms with Crippen LogP contribution in [-0.4, -0.2) is 33.5 Å². The van der Waals surface area contributed by atoms with Gasteiger partial charge in [-0.25, -0.2) is 0 Å². The molecule has 3 aromatic rings. The van der Waals surface area contributed by atoms with Crippen LogP contribution in [0, 0.1) is 0 Å². The second kappa shape index (κ2) is 6.81. The van der Waals surface area contributed by atoms with Crippen LogP contribution in [0.2, 0.25) is 0 Å². The van der Waals surface area contributed by atoms with Gasteiger partial charge in [0.25, 0.3) is 17.0 Å². The number of quaternary nitrogens is 1. The van der Waals surface area contributed by atoms with Crippen molar-refractivity contribution >= 4 is 23.1 Å². The van der Waals surface area contributed by atoms with Gasteiger partial charge < -0.3 is 13.7 Å². The minimum absolute atomic E-state index is 0.524. The van der Waals surface area contributed by atoms with Crippen LogP contribution in [0.1, 0.15) is 24.6 Å². The molecule has 1 aliphatic rings. The van der Waals surface area contributed by atoms with Crippen LogP contribution in [0.3, 0.4) is 0 Å². The van der Waals surface area contributed by atoms with Crippen LogP contribution >= 0.6 is 23.1 Å². The average Bonchev–Trinajstić information content (AvgIpc) is 3.33. The van der Waals surface area contributed by atoms with Crippen LogP contribution in [0.25, 0.3) is 10.8 Å². The Morgan fingerprint density at radius 2 is 1.96 bits per heavy atom. The Balaban J connectivity index is 1.33. The molecule has 4 heterocycles. The van der Waals surface area contributed by atoms with Crippen molar-refractivity contribution < 1.29 is 13.7 Å². The first-order chi connectivity index (χ1) is 11.4. The van der Waals surface area contributed by atoms with Crippen molar-refractivity contribution in [2.75, 3.05) is 13.1 Å². The van der Waals surface area contributed by atoms with Crippen LogP contribution in [0.4, 0.5) is 0 Å². The van der Waals surface area contributed by atoms with Gasteiger partial charge in [-0.05, 0) is 11.4 Å². The summed E-state index contributed by atoms with van der Waals surface area (Å²) in [5, 5.41) is 18.8. The predicted molar refractivity (Wildman–Crippen MR) is 85.1 cm³/mol. The Kier molecular flexibility index (Phi) is 4.40. The van der Waals surface area contributed by atoms with Gasteiger partial charge in [-0.3, -0.25) is 0 Å². The van der Waals surface area contributed by atoms with Crippen molar-refractivity contribution in [1.82, 2.24) is 20.4 Å². The zero-order chi connectivity index (χ0) is 15.5. The van der Waals surface area contributed by atoms with Crippen molar-refractivity contribution in [2.24, 2.45) is 0 Å². The number of thiophene rings is 1. The lowest BCUT2D eigenvalue weighted by Crippen LogP contribution is -3.08. The topological polar surface area (TPSA) is 82.3 Å². The standard InChI is InChI=1S/C14H15N5O2S2/c1-2-6-19(5-1)8-11-15-18-14(21-11)23-9-12-16-17-13(20-12)10-4-3-7-22-10/h3-4,7H,1-2,5-6,8-9H2/p+1. The SMILES string of the molecule is c1csc(-c2nnc(CSc3nnc(C[NH+]4CCCC4)o3)o2)c1. The van der Waals surface area contributed by atoms with Crippen molar-refractivity contribution in [2.45, 2.75) is 30.4 Å². The first-order valence-electron chi connectivity index (χ1n) is 7.52. The summed E-state index contributed by atoms with van der Waals surface area (Å²) < 4.78 is 11.3. The molecule has 1 fully saturated rings. The Labute approximate surface area is 141 Å². The third kappa shape index (κ3) is 3.62. The van der Waals surface area contributed by atoms with E-state index >= 15 is 0 Å². The molecular weight excluding hydrogens is 334 g/mol. The largest absolute Gasteiger partial charge is 0.419 e. The van der Waals surface area contributed by atoms with Gasteiger partial charge in [0.15, 0.2) is 6.54 Å². The summed E-state index contributed by atoms with van der Waals surface area (Å²) in [6.45, 7) is 3.20. The lowest BCUT2D eigenvalue weighted by atomic mass is 10.4. The fraction of sp³-hybridized carbons (Fsp3) is 0.429. The fourth-order valence-corrected chi connectivity index (χ4v) is 3.83. The van der Waals surface area contributed by atoms with Crippen LogP contribution in [-0.2, 0) is 12.3 Å². The number of hydrogen-bond donors (Lipinski definition) is 1. The second-order valence-corrected chi connectivity index (χ2v) is 7.24. The Morgan fingerprint density at radius 3 is 2.78 bits per heavy atom. The summed E-state index contributed by atoms with van der Waals surface area (Å²) in [6.07, 6.45) is 2.57. The van der Waals surface area contributed by atoms with Gasteiger partial charge in [0, 0.05) is 12.8 Å². The van der Waals surface area contributed by atoms with Gasteiger partial charge >= 0.3 is 0 Å². The number of aromatic nitrogens is 4. The molecule has 0 spiro atoms. The van der Waals surface area contributed by atoms with E-state index in [-0.39, 0.29) is 0 Å². The molecule has 1 aliphatic heterocycles. The molecule has 120 valence electrons. The maximum absolute atomic E-state index is 5.68. The summed E-state index contributed by atoms with van der Waals surface area (Å²) in [4.78, 5) is 2.49. The van der Waals surface area contributed by atoms with E-state index in [1.807, 2.05) is 17.5 Å². The van der Waals surface area contributed by atoms with E-state index in [4.69, 9.17) is 8.83 Å².